The van der Waals surface area contributed by atoms with E-state index >= 15 is 0 Å². The van der Waals surface area contributed by atoms with E-state index in [-0.39, 0.29) is 16.7 Å². The molecule has 0 aliphatic rings. The van der Waals surface area contributed by atoms with Crippen molar-refractivity contribution < 1.29 is 4.79 Å². The molecule has 0 radical (unpaired) electrons. The lowest BCUT2D eigenvalue weighted by molar-refractivity contribution is -0.121. The van der Waals surface area contributed by atoms with Gasteiger partial charge >= 0.3 is 0 Å². The van der Waals surface area contributed by atoms with E-state index in [0.29, 0.717) is 0 Å². The van der Waals surface area contributed by atoms with Crippen LogP contribution in [0.4, 0.5) is 0 Å². The second-order valence-electron chi connectivity index (χ2n) is 6.85. The number of rotatable bonds is 4. The molecule has 0 saturated heterocycles. The van der Waals surface area contributed by atoms with E-state index < -0.39 is 0 Å². The summed E-state index contributed by atoms with van der Waals surface area (Å²) in [6, 6.07) is 6.32. The van der Waals surface area contributed by atoms with Crippen LogP contribution in [0.5, 0.6) is 0 Å². The number of imidazole rings is 1. The van der Waals surface area contributed by atoms with E-state index in [0.717, 1.165) is 10.8 Å². The summed E-state index contributed by atoms with van der Waals surface area (Å²) in [4.78, 5) is 16.7. The van der Waals surface area contributed by atoms with E-state index in [2.05, 4.69) is 42.3 Å². The minimum Gasteiger partial charge on any atom is -0.351 e. The fraction of sp³-hybridized carbons (Fsp3) is 0.444. The molecule has 5 heteroatoms. The van der Waals surface area contributed by atoms with Gasteiger partial charge in [0.25, 0.3) is 0 Å². The average Bonchev–Trinajstić information content (AvgIpc) is 2.88. The van der Waals surface area contributed by atoms with Crippen LogP contribution in [0.1, 0.15) is 38.8 Å². The Kier molecular flexibility index (Phi) is 5.19. The van der Waals surface area contributed by atoms with E-state index in [1.165, 1.54) is 22.9 Å². The summed E-state index contributed by atoms with van der Waals surface area (Å²) < 4.78 is 2.03. The SMILES string of the molecule is Cc1ccc(-n2ccnc2S[C@@H](C)C(=O)NC(C)(C)C)cc1C. The van der Waals surface area contributed by atoms with Crippen LogP contribution in [0, 0.1) is 13.8 Å². The molecule has 0 bridgehead atoms. The summed E-state index contributed by atoms with van der Waals surface area (Å²) in [5.41, 5.74) is 3.35. The molecule has 1 atom stereocenters. The predicted molar refractivity (Wildman–Crippen MR) is 96.3 cm³/mol. The van der Waals surface area contributed by atoms with Crippen molar-refractivity contribution in [3.63, 3.8) is 0 Å². The van der Waals surface area contributed by atoms with Crippen molar-refractivity contribution >= 4 is 17.7 Å². The van der Waals surface area contributed by atoms with E-state index in [1.807, 2.05) is 38.5 Å². The highest BCUT2D eigenvalue weighted by Gasteiger charge is 2.22. The Labute approximate surface area is 142 Å². The number of amides is 1. The van der Waals surface area contributed by atoms with Crippen LogP contribution in [0.15, 0.2) is 35.7 Å². The van der Waals surface area contributed by atoms with E-state index in [9.17, 15) is 4.79 Å². The van der Waals surface area contributed by atoms with Crippen molar-refractivity contribution in [3.8, 4) is 5.69 Å². The number of aryl methyl sites for hydroxylation is 2. The Morgan fingerprint density at radius 2 is 1.96 bits per heavy atom. The Morgan fingerprint density at radius 3 is 2.57 bits per heavy atom. The number of hydrogen-bond acceptors (Lipinski definition) is 3. The minimum atomic E-state index is -0.227. The fourth-order valence-electron chi connectivity index (χ4n) is 2.13. The van der Waals surface area contributed by atoms with Gasteiger partial charge in [-0.25, -0.2) is 4.98 Å². The molecule has 2 aromatic rings. The minimum absolute atomic E-state index is 0.0251. The van der Waals surface area contributed by atoms with Gasteiger partial charge in [0, 0.05) is 23.6 Å². The lowest BCUT2D eigenvalue weighted by Gasteiger charge is -2.23. The lowest BCUT2D eigenvalue weighted by Crippen LogP contribution is -2.44. The highest BCUT2D eigenvalue weighted by atomic mass is 32.2. The molecule has 4 nitrogen and oxygen atoms in total. The maximum absolute atomic E-state index is 12.3. The summed E-state index contributed by atoms with van der Waals surface area (Å²) in [5, 5.41) is 3.63. The highest BCUT2D eigenvalue weighted by molar-refractivity contribution is 8.00. The first-order chi connectivity index (χ1) is 10.7. The molecule has 23 heavy (non-hydrogen) atoms. The van der Waals surface area contributed by atoms with Gasteiger partial charge in [0.05, 0.1) is 5.25 Å². The molecule has 2 rings (SSSR count). The summed E-state index contributed by atoms with van der Waals surface area (Å²) in [5.74, 6) is 0.0251. The van der Waals surface area contributed by atoms with Gasteiger partial charge in [0.1, 0.15) is 0 Å². The van der Waals surface area contributed by atoms with Crippen LogP contribution in [0.3, 0.4) is 0 Å². The summed E-state index contributed by atoms with van der Waals surface area (Å²) in [7, 11) is 0. The smallest absolute Gasteiger partial charge is 0.233 e. The Bertz CT molecular complexity index is 701. The van der Waals surface area contributed by atoms with Crippen LogP contribution >= 0.6 is 11.8 Å². The first kappa shape index (κ1) is 17.6. The summed E-state index contributed by atoms with van der Waals surface area (Å²) >= 11 is 1.47. The molecule has 0 fully saturated rings. The van der Waals surface area contributed by atoms with Crippen molar-refractivity contribution in [1.82, 2.24) is 14.9 Å². The molecule has 1 heterocycles. The van der Waals surface area contributed by atoms with Gasteiger partial charge in [-0.1, -0.05) is 17.8 Å². The Morgan fingerprint density at radius 1 is 1.26 bits per heavy atom. The van der Waals surface area contributed by atoms with Gasteiger partial charge < -0.3 is 5.32 Å². The van der Waals surface area contributed by atoms with Gasteiger partial charge in [0.2, 0.25) is 5.91 Å². The van der Waals surface area contributed by atoms with Gasteiger partial charge in [-0.2, -0.15) is 0 Å². The maximum atomic E-state index is 12.3. The molecule has 0 aliphatic carbocycles. The van der Waals surface area contributed by atoms with Crippen molar-refractivity contribution in [2.24, 2.45) is 0 Å². The van der Waals surface area contributed by atoms with E-state index in [4.69, 9.17) is 0 Å². The molecule has 1 aromatic heterocycles. The number of thioether (sulfide) groups is 1. The zero-order valence-electron chi connectivity index (χ0n) is 14.7. The van der Waals surface area contributed by atoms with E-state index in [1.54, 1.807) is 6.20 Å². The molecular weight excluding hydrogens is 306 g/mol. The number of carbonyl (C=O) groups excluding carboxylic acids is 1. The second kappa shape index (κ2) is 6.79. The average molecular weight is 331 g/mol. The molecular formula is C18H25N3OS. The van der Waals surface area contributed by atoms with Crippen LogP contribution < -0.4 is 5.32 Å². The largest absolute Gasteiger partial charge is 0.351 e. The van der Waals surface area contributed by atoms with Crippen molar-refractivity contribution in [3.05, 3.63) is 41.7 Å². The molecule has 1 aromatic carbocycles. The number of carbonyl (C=O) groups is 1. The number of nitrogens with one attached hydrogen (secondary N) is 1. The normalized spacial score (nSPS) is 13.0. The predicted octanol–water partition coefficient (Wildman–Crippen LogP) is 3.88. The third-order valence-electron chi connectivity index (χ3n) is 3.53. The molecule has 1 amide bonds. The third-order valence-corrected chi connectivity index (χ3v) is 4.61. The number of benzene rings is 1. The number of hydrogen-bond donors (Lipinski definition) is 1. The van der Waals surface area contributed by atoms with Crippen LogP contribution in [-0.4, -0.2) is 26.2 Å². The van der Waals surface area contributed by atoms with Crippen LogP contribution in [-0.2, 0) is 4.79 Å². The van der Waals surface area contributed by atoms with Gasteiger partial charge in [-0.15, -0.1) is 0 Å². The first-order valence-electron chi connectivity index (χ1n) is 7.77. The highest BCUT2D eigenvalue weighted by Crippen LogP contribution is 2.26. The molecule has 1 N–H and O–H groups in total. The van der Waals surface area contributed by atoms with Gasteiger partial charge in [0.15, 0.2) is 5.16 Å². The quantitative estimate of drug-likeness (QED) is 0.865. The zero-order chi connectivity index (χ0) is 17.2. The van der Waals surface area contributed by atoms with Gasteiger partial charge in [-0.05, 0) is 64.8 Å². The van der Waals surface area contributed by atoms with Crippen LogP contribution in [0.25, 0.3) is 5.69 Å². The molecule has 0 aliphatic heterocycles. The second-order valence-corrected chi connectivity index (χ2v) is 8.16. The molecule has 0 spiro atoms. The zero-order valence-corrected chi connectivity index (χ0v) is 15.5. The Balaban J connectivity index is 2.18. The van der Waals surface area contributed by atoms with Crippen LogP contribution in [0.2, 0.25) is 0 Å². The molecule has 0 saturated carbocycles. The fourth-order valence-corrected chi connectivity index (χ4v) is 3.02. The van der Waals surface area contributed by atoms with Crippen molar-refractivity contribution in [2.45, 2.75) is 57.5 Å². The number of nitrogens with zero attached hydrogens (tertiary/aromatic N) is 2. The molecule has 0 unspecified atom stereocenters. The Hall–Kier alpha value is -1.75. The standard InChI is InChI=1S/C18H25N3OS/c1-12-7-8-15(11-13(12)2)21-10-9-19-17(21)23-14(3)16(22)20-18(4,5)6/h7-11,14H,1-6H3,(H,20,22)/t14-/m0/s1. The maximum Gasteiger partial charge on any atom is 0.233 e. The number of aromatic nitrogens is 2. The summed E-state index contributed by atoms with van der Waals surface area (Å²) in [6.07, 6.45) is 3.70. The lowest BCUT2D eigenvalue weighted by atomic mass is 10.1. The third kappa shape index (κ3) is 4.61. The topological polar surface area (TPSA) is 46.9 Å². The first-order valence-corrected chi connectivity index (χ1v) is 8.65. The van der Waals surface area contributed by atoms with Gasteiger partial charge in [-0.3, -0.25) is 9.36 Å². The monoisotopic (exact) mass is 331 g/mol. The summed E-state index contributed by atoms with van der Waals surface area (Å²) in [6.45, 7) is 12.1. The van der Waals surface area contributed by atoms with Crippen molar-refractivity contribution in [2.75, 3.05) is 0 Å². The van der Waals surface area contributed by atoms with Crippen molar-refractivity contribution in [1.29, 1.82) is 0 Å². The molecule has 124 valence electrons.